The van der Waals surface area contributed by atoms with Crippen molar-refractivity contribution in [2.24, 2.45) is 0 Å². The van der Waals surface area contributed by atoms with Gasteiger partial charge in [0.1, 0.15) is 5.75 Å². The van der Waals surface area contributed by atoms with Gasteiger partial charge in [-0.05, 0) is 37.6 Å². The van der Waals surface area contributed by atoms with E-state index in [1.54, 1.807) is 7.11 Å². The summed E-state index contributed by atoms with van der Waals surface area (Å²) in [5, 5.41) is 6.31. The second-order valence-electron chi connectivity index (χ2n) is 4.64. The first kappa shape index (κ1) is 12.9. The summed E-state index contributed by atoms with van der Waals surface area (Å²) in [6.07, 6.45) is 3.56. The van der Waals surface area contributed by atoms with E-state index < -0.39 is 0 Å². The highest BCUT2D eigenvalue weighted by Gasteiger charge is 2.19. The van der Waals surface area contributed by atoms with Gasteiger partial charge in [-0.3, -0.25) is 4.79 Å². The SMILES string of the molecule is COc1ccc(NC(C)=O)cc1C1CCCCN1. The minimum atomic E-state index is -0.0530. The average Bonchev–Trinajstić information content (AvgIpc) is 2.39. The van der Waals surface area contributed by atoms with E-state index in [0.717, 1.165) is 30.0 Å². The Morgan fingerprint density at radius 2 is 2.28 bits per heavy atom. The number of anilines is 1. The maximum Gasteiger partial charge on any atom is 0.221 e. The van der Waals surface area contributed by atoms with Crippen molar-refractivity contribution >= 4 is 11.6 Å². The van der Waals surface area contributed by atoms with Crippen molar-refractivity contribution in [1.29, 1.82) is 0 Å². The molecule has 1 atom stereocenters. The van der Waals surface area contributed by atoms with E-state index in [-0.39, 0.29) is 5.91 Å². The molecule has 1 aromatic carbocycles. The van der Waals surface area contributed by atoms with Crippen LogP contribution in [0.5, 0.6) is 5.75 Å². The Morgan fingerprint density at radius 1 is 1.44 bits per heavy atom. The van der Waals surface area contributed by atoms with Crippen molar-refractivity contribution < 1.29 is 9.53 Å². The first-order valence-electron chi connectivity index (χ1n) is 6.39. The second-order valence-corrected chi connectivity index (χ2v) is 4.64. The molecule has 0 spiro atoms. The van der Waals surface area contributed by atoms with Gasteiger partial charge in [-0.25, -0.2) is 0 Å². The molecule has 0 bridgehead atoms. The summed E-state index contributed by atoms with van der Waals surface area (Å²) < 4.78 is 5.41. The molecule has 0 radical (unpaired) electrons. The quantitative estimate of drug-likeness (QED) is 0.864. The minimum absolute atomic E-state index is 0.0530. The van der Waals surface area contributed by atoms with Gasteiger partial charge >= 0.3 is 0 Å². The van der Waals surface area contributed by atoms with Crippen molar-refractivity contribution in [3.05, 3.63) is 23.8 Å². The van der Waals surface area contributed by atoms with Crippen LogP contribution in [0, 0.1) is 0 Å². The van der Waals surface area contributed by atoms with Crippen LogP contribution in [0.25, 0.3) is 0 Å². The van der Waals surface area contributed by atoms with Gasteiger partial charge in [0.25, 0.3) is 0 Å². The molecule has 4 nitrogen and oxygen atoms in total. The smallest absolute Gasteiger partial charge is 0.221 e. The third-order valence-corrected chi connectivity index (χ3v) is 3.24. The summed E-state index contributed by atoms with van der Waals surface area (Å²) >= 11 is 0. The van der Waals surface area contributed by atoms with Crippen LogP contribution in [-0.4, -0.2) is 19.6 Å². The molecule has 0 aromatic heterocycles. The summed E-state index contributed by atoms with van der Waals surface area (Å²) in [7, 11) is 1.68. The first-order valence-corrected chi connectivity index (χ1v) is 6.39. The number of methoxy groups -OCH3 is 1. The highest BCUT2D eigenvalue weighted by molar-refractivity contribution is 5.88. The molecule has 1 fully saturated rings. The molecule has 2 rings (SSSR count). The normalized spacial score (nSPS) is 19.3. The topological polar surface area (TPSA) is 50.4 Å². The number of hydrogen-bond acceptors (Lipinski definition) is 3. The Kier molecular flexibility index (Phi) is 4.20. The molecule has 1 aromatic rings. The third-order valence-electron chi connectivity index (χ3n) is 3.24. The Balaban J connectivity index is 2.26. The number of amides is 1. The number of piperidine rings is 1. The summed E-state index contributed by atoms with van der Waals surface area (Å²) in [5.41, 5.74) is 1.95. The van der Waals surface area contributed by atoms with Crippen LogP contribution >= 0.6 is 0 Å². The molecule has 0 aliphatic carbocycles. The minimum Gasteiger partial charge on any atom is -0.496 e. The van der Waals surface area contributed by atoms with Crippen molar-refractivity contribution in [3.8, 4) is 5.75 Å². The summed E-state index contributed by atoms with van der Waals surface area (Å²) in [4.78, 5) is 11.1. The molecule has 1 unspecified atom stereocenters. The summed E-state index contributed by atoms with van der Waals surface area (Å²) in [6, 6.07) is 6.11. The predicted octanol–water partition coefficient (Wildman–Crippen LogP) is 2.47. The lowest BCUT2D eigenvalue weighted by Crippen LogP contribution is -2.27. The fraction of sp³-hybridized carbons (Fsp3) is 0.500. The zero-order chi connectivity index (χ0) is 13.0. The Morgan fingerprint density at radius 3 is 2.89 bits per heavy atom. The van der Waals surface area contributed by atoms with Gasteiger partial charge in [0.15, 0.2) is 0 Å². The van der Waals surface area contributed by atoms with E-state index in [0.29, 0.717) is 6.04 Å². The van der Waals surface area contributed by atoms with Crippen molar-refractivity contribution in [1.82, 2.24) is 5.32 Å². The lowest BCUT2D eigenvalue weighted by molar-refractivity contribution is -0.114. The van der Waals surface area contributed by atoms with Gasteiger partial charge in [0.05, 0.1) is 7.11 Å². The van der Waals surface area contributed by atoms with Gasteiger partial charge in [-0.2, -0.15) is 0 Å². The second kappa shape index (κ2) is 5.87. The Bertz CT molecular complexity index is 426. The van der Waals surface area contributed by atoms with Gasteiger partial charge in [0.2, 0.25) is 5.91 Å². The predicted molar refractivity (Wildman–Crippen MR) is 71.9 cm³/mol. The van der Waals surface area contributed by atoms with Gasteiger partial charge in [0, 0.05) is 24.2 Å². The average molecular weight is 248 g/mol. The first-order chi connectivity index (χ1) is 8.70. The van der Waals surface area contributed by atoms with E-state index in [1.807, 2.05) is 18.2 Å². The molecule has 2 N–H and O–H groups in total. The number of rotatable bonds is 3. The molecule has 1 aliphatic heterocycles. The monoisotopic (exact) mass is 248 g/mol. The zero-order valence-electron chi connectivity index (χ0n) is 11.0. The molecule has 18 heavy (non-hydrogen) atoms. The van der Waals surface area contributed by atoms with E-state index >= 15 is 0 Å². The number of benzene rings is 1. The number of carbonyl (C=O) groups is 1. The lowest BCUT2D eigenvalue weighted by Gasteiger charge is -2.25. The van der Waals surface area contributed by atoms with Gasteiger partial charge in [-0.15, -0.1) is 0 Å². The molecule has 1 saturated heterocycles. The highest BCUT2D eigenvalue weighted by Crippen LogP contribution is 2.32. The molecule has 0 saturated carbocycles. The van der Waals surface area contributed by atoms with E-state index in [4.69, 9.17) is 4.74 Å². The molecule has 1 aliphatic rings. The van der Waals surface area contributed by atoms with E-state index in [2.05, 4.69) is 10.6 Å². The van der Waals surface area contributed by atoms with Crippen LogP contribution in [0.3, 0.4) is 0 Å². The van der Waals surface area contributed by atoms with Gasteiger partial charge < -0.3 is 15.4 Å². The molecule has 98 valence electrons. The largest absolute Gasteiger partial charge is 0.496 e. The number of hydrogen-bond donors (Lipinski definition) is 2. The fourth-order valence-corrected chi connectivity index (χ4v) is 2.40. The number of nitrogens with one attached hydrogen (secondary N) is 2. The molecular weight excluding hydrogens is 228 g/mol. The highest BCUT2D eigenvalue weighted by atomic mass is 16.5. The van der Waals surface area contributed by atoms with Gasteiger partial charge in [-0.1, -0.05) is 6.42 Å². The fourth-order valence-electron chi connectivity index (χ4n) is 2.40. The Labute approximate surface area is 108 Å². The van der Waals surface area contributed by atoms with Crippen LogP contribution in [-0.2, 0) is 4.79 Å². The van der Waals surface area contributed by atoms with Crippen molar-refractivity contribution in [2.45, 2.75) is 32.2 Å². The van der Waals surface area contributed by atoms with E-state index in [9.17, 15) is 4.79 Å². The van der Waals surface area contributed by atoms with E-state index in [1.165, 1.54) is 19.8 Å². The molecule has 1 heterocycles. The number of carbonyl (C=O) groups excluding carboxylic acids is 1. The van der Waals surface area contributed by atoms with Crippen molar-refractivity contribution in [3.63, 3.8) is 0 Å². The lowest BCUT2D eigenvalue weighted by atomic mass is 9.96. The maximum atomic E-state index is 11.1. The molecule has 1 amide bonds. The van der Waals surface area contributed by atoms with Crippen LogP contribution in [0.15, 0.2) is 18.2 Å². The van der Waals surface area contributed by atoms with Crippen LogP contribution in [0.4, 0.5) is 5.69 Å². The standard InChI is InChI=1S/C14H20N2O2/c1-10(17)16-11-6-7-14(18-2)12(9-11)13-5-3-4-8-15-13/h6-7,9,13,15H,3-5,8H2,1-2H3,(H,16,17). The van der Waals surface area contributed by atoms with Crippen LogP contribution < -0.4 is 15.4 Å². The Hall–Kier alpha value is -1.55. The van der Waals surface area contributed by atoms with Crippen LogP contribution in [0.2, 0.25) is 0 Å². The number of ether oxygens (including phenoxy) is 1. The maximum absolute atomic E-state index is 11.1. The summed E-state index contributed by atoms with van der Waals surface area (Å²) in [6.45, 7) is 2.56. The third kappa shape index (κ3) is 3.01. The summed E-state index contributed by atoms with van der Waals surface area (Å²) in [5.74, 6) is 0.825. The van der Waals surface area contributed by atoms with Crippen molar-refractivity contribution in [2.75, 3.05) is 19.0 Å². The molecule has 4 heteroatoms. The van der Waals surface area contributed by atoms with Crippen LogP contribution in [0.1, 0.15) is 37.8 Å². The zero-order valence-corrected chi connectivity index (χ0v) is 11.0. The molecular formula is C14H20N2O2.